The van der Waals surface area contributed by atoms with E-state index in [1.807, 2.05) is 7.05 Å². The minimum absolute atomic E-state index is 0.257. The third-order valence-corrected chi connectivity index (χ3v) is 4.08. The fourth-order valence-corrected chi connectivity index (χ4v) is 1.87. The topological polar surface area (TPSA) is 38.1 Å². The van der Waals surface area contributed by atoms with Gasteiger partial charge >= 0.3 is 0 Å². The molecule has 0 saturated heterocycles. The third-order valence-electron chi connectivity index (χ3n) is 2.76. The molecule has 2 atom stereocenters. The van der Waals surface area contributed by atoms with E-state index in [0.717, 1.165) is 9.26 Å². The summed E-state index contributed by atoms with van der Waals surface area (Å²) in [6, 6.07) is 0. The normalized spacial score (nSPS) is 15.9. The van der Waals surface area contributed by atoms with Gasteiger partial charge in [-0.1, -0.05) is 20.8 Å². The van der Waals surface area contributed by atoms with Crippen LogP contribution >= 0.6 is 22.6 Å². The number of rotatable bonds is 3. The minimum Gasteiger partial charge on any atom is -0.388 e. The van der Waals surface area contributed by atoms with Gasteiger partial charge in [-0.15, -0.1) is 0 Å². The smallest absolute Gasteiger partial charge is 0.104 e. The van der Waals surface area contributed by atoms with Crippen molar-refractivity contribution in [2.75, 3.05) is 0 Å². The van der Waals surface area contributed by atoms with Crippen molar-refractivity contribution in [2.45, 2.75) is 26.9 Å². The molecule has 0 spiro atoms. The third kappa shape index (κ3) is 2.28. The Balaban J connectivity index is 2.89. The molecule has 0 amide bonds. The number of hydrogen-bond acceptors (Lipinski definition) is 2. The first-order valence-electron chi connectivity index (χ1n) is 4.80. The van der Waals surface area contributed by atoms with E-state index in [-0.39, 0.29) is 5.92 Å². The maximum absolute atomic E-state index is 10.1. The largest absolute Gasteiger partial charge is 0.388 e. The van der Waals surface area contributed by atoms with Crippen molar-refractivity contribution in [2.24, 2.45) is 18.9 Å². The van der Waals surface area contributed by atoms with Crippen molar-refractivity contribution >= 4 is 22.6 Å². The zero-order valence-electron chi connectivity index (χ0n) is 9.03. The lowest BCUT2D eigenvalue weighted by Gasteiger charge is -2.21. The minimum atomic E-state index is -0.407. The predicted molar refractivity (Wildman–Crippen MR) is 64.9 cm³/mol. The van der Waals surface area contributed by atoms with Gasteiger partial charge in [-0.2, -0.15) is 5.10 Å². The summed E-state index contributed by atoms with van der Waals surface area (Å²) >= 11 is 2.21. The number of aliphatic hydroxyl groups is 1. The van der Waals surface area contributed by atoms with Crippen LogP contribution in [-0.4, -0.2) is 14.9 Å². The second-order valence-electron chi connectivity index (χ2n) is 4.06. The lowest BCUT2D eigenvalue weighted by atomic mass is 9.89. The van der Waals surface area contributed by atoms with E-state index in [9.17, 15) is 5.11 Å². The van der Waals surface area contributed by atoms with Crippen LogP contribution in [0.2, 0.25) is 0 Å². The molecule has 4 heteroatoms. The zero-order valence-corrected chi connectivity index (χ0v) is 11.2. The summed E-state index contributed by atoms with van der Waals surface area (Å²) in [4.78, 5) is 0. The van der Waals surface area contributed by atoms with E-state index < -0.39 is 6.10 Å². The number of aliphatic hydroxyl groups excluding tert-OH is 1. The second kappa shape index (κ2) is 4.61. The molecule has 2 unspecified atom stereocenters. The van der Waals surface area contributed by atoms with Gasteiger partial charge in [-0.3, -0.25) is 4.68 Å². The zero-order chi connectivity index (χ0) is 10.9. The molecule has 0 aromatic carbocycles. The van der Waals surface area contributed by atoms with Gasteiger partial charge in [-0.25, -0.2) is 0 Å². The average molecular weight is 308 g/mol. The van der Waals surface area contributed by atoms with E-state index in [1.54, 1.807) is 10.9 Å². The van der Waals surface area contributed by atoms with E-state index in [1.165, 1.54) is 0 Å². The second-order valence-corrected chi connectivity index (χ2v) is 5.08. The van der Waals surface area contributed by atoms with Crippen molar-refractivity contribution in [1.82, 2.24) is 9.78 Å². The fraction of sp³-hybridized carbons (Fsp3) is 0.700. The highest BCUT2D eigenvalue weighted by atomic mass is 127. The van der Waals surface area contributed by atoms with Crippen molar-refractivity contribution in [1.29, 1.82) is 0 Å². The maximum Gasteiger partial charge on any atom is 0.104 e. The van der Waals surface area contributed by atoms with Crippen LogP contribution in [0.25, 0.3) is 0 Å². The Hall–Kier alpha value is -0.100. The Morgan fingerprint density at radius 2 is 2.00 bits per heavy atom. The molecule has 1 N–H and O–H groups in total. The lowest BCUT2D eigenvalue weighted by Crippen LogP contribution is -2.15. The first-order chi connectivity index (χ1) is 6.45. The van der Waals surface area contributed by atoms with Crippen molar-refractivity contribution in [3.8, 4) is 0 Å². The summed E-state index contributed by atoms with van der Waals surface area (Å²) in [5.74, 6) is 0.730. The van der Waals surface area contributed by atoms with Gasteiger partial charge in [0.15, 0.2) is 0 Å². The highest BCUT2D eigenvalue weighted by Crippen LogP contribution is 2.29. The van der Waals surface area contributed by atoms with Gasteiger partial charge in [0, 0.05) is 12.6 Å². The van der Waals surface area contributed by atoms with Gasteiger partial charge in [-0.05, 0) is 34.4 Å². The summed E-state index contributed by atoms with van der Waals surface area (Å²) in [5, 5.41) is 14.2. The lowest BCUT2D eigenvalue weighted by molar-refractivity contribution is 0.0913. The number of aromatic nitrogens is 2. The number of aryl methyl sites for hydroxylation is 1. The quantitative estimate of drug-likeness (QED) is 0.871. The molecule has 0 bridgehead atoms. The molecule has 1 aromatic heterocycles. The van der Waals surface area contributed by atoms with Crippen molar-refractivity contribution < 1.29 is 5.11 Å². The van der Waals surface area contributed by atoms with Crippen LogP contribution in [0.15, 0.2) is 6.20 Å². The molecule has 1 rings (SSSR count). The average Bonchev–Trinajstić information content (AvgIpc) is 2.45. The molecule has 0 aliphatic carbocycles. The Bertz CT molecular complexity index is 309. The summed E-state index contributed by atoms with van der Waals surface area (Å²) in [7, 11) is 1.89. The van der Waals surface area contributed by atoms with E-state index >= 15 is 0 Å². The van der Waals surface area contributed by atoms with Gasteiger partial charge in [0.25, 0.3) is 0 Å². The van der Waals surface area contributed by atoms with Crippen molar-refractivity contribution in [3.63, 3.8) is 0 Å². The predicted octanol–water partition coefficient (Wildman–Crippen LogP) is 2.35. The summed E-state index contributed by atoms with van der Waals surface area (Å²) in [5.41, 5.74) is 0.939. The Morgan fingerprint density at radius 1 is 1.43 bits per heavy atom. The molecule has 1 aromatic rings. The molecule has 0 fully saturated rings. The number of nitrogens with zero attached hydrogens (tertiary/aromatic N) is 2. The van der Waals surface area contributed by atoms with Crippen LogP contribution in [0.4, 0.5) is 0 Å². The Morgan fingerprint density at radius 3 is 2.36 bits per heavy atom. The number of hydrogen-bond donors (Lipinski definition) is 1. The Labute approximate surface area is 98.6 Å². The maximum atomic E-state index is 10.1. The van der Waals surface area contributed by atoms with Crippen LogP contribution in [0.3, 0.4) is 0 Å². The van der Waals surface area contributed by atoms with Crippen LogP contribution in [0, 0.1) is 15.5 Å². The first kappa shape index (κ1) is 12.0. The standard InChI is InChI=1S/C10H17IN2O/c1-6(2)7(3)9(14)8-5-12-13(4)10(8)11/h5-7,9,14H,1-4H3. The molecule has 14 heavy (non-hydrogen) atoms. The molecule has 0 radical (unpaired) electrons. The molecular formula is C10H17IN2O. The molecule has 80 valence electrons. The van der Waals surface area contributed by atoms with Crippen LogP contribution in [0.5, 0.6) is 0 Å². The van der Waals surface area contributed by atoms with Gasteiger partial charge < -0.3 is 5.11 Å². The molecular weight excluding hydrogens is 291 g/mol. The SMILES string of the molecule is CC(C)C(C)C(O)c1cnn(C)c1I. The van der Waals surface area contributed by atoms with Crippen LogP contribution < -0.4 is 0 Å². The van der Waals surface area contributed by atoms with Crippen LogP contribution in [-0.2, 0) is 7.05 Å². The highest BCUT2D eigenvalue weighted by molar-refractivity contribution is 14.1. The Kier molecular flexibility index (Phi) is 3.94. The fourth-order valence-electron chi connectivity index (χ4n) is 1.29. The molecule has 0 aliphatic rings. The summed E-state index contributed by atoms with van der Waals surface area (Å²) < 4.78 is 2.80. The van der Waals surface area contributed by atoms with E-state index in [4.69, 9.17) is 0 Å². The molecule has 0 saturated carbocycles. The van der Waals surface area contributed by atoms with Crippen LogP contribution in [0.1, 0.15) is 32.4 Å². The number of halogens is 1. The highest BCUT2D eigenvalue weighted by Gasteiger charge is 2.23. The molecule has 1 heterocycles. The van der Waals surface area contributed by atoms with E-state index in [0.29, 0.717) is 5.92 Å². The van der Waals surface area contributed by atoms with Gasteiger partial charge in [0.2, 0.25) is 0 Å². The van der Waals surface area contributed by atoms with Gasteiger partial charge in [0.05, 0.1) is 12.3 Å². The van der Waals surface area contributed by atoms with E-state index in [2.05, 4.69) is 48.5 Å². The van der Waals surface area contributed by atoms with Gasteiger partial charge in [0.1, 0.15) is 3.70 Å². The molecule has 0 aliphatic heterocycles. The molecule has 3 nitrogen and oxygen atoms in total. The summed E-state index contributed by atoms with van der Waals surface area (Å²) in [6.45, 7) is 6.31. The van der Waals surface area contributed by atoms with Crippen molar-refractivity contribution in [3.05, 3.63) is 15.5 Å². The first-order valence-corrected chi connectivity index (χ1v) is 5.88. The monoisotopic (exact) mass is 308 g/mol. The summed E-state index contributed by atoms with van der Waals surface area (Å²) in [6.07, 6.45) is 1.35.